The van der Waals surface area contributed by atoms with Gasteiger partial charge >= 0.3 is 0 Å². The predicted molar refractivity (Wildman–Crippen MR) is 78.7 cm³/mol. The van der Waals surface area contributed by atoms with E-state index in [4.69, 9.17) is 4.74 Å². The van der Waals surface area contributed by atoms with E-state index >= 15 is 0 Å². The van der Waals surface area contributed by atoms with E-state index in [1.165, 1.54) is 5.56 Å². The van der Waals surface area contributed by atoms with Gasteiger partial charge in [-0.25, -0.2) is 0 Å². The van der Waals surface area contributed by atoms with Crippen molar-refractivity contribution in [3.05, 3.63) is 83.4 Å². The summed E-state index contributed by atoms with van der Waals surface area (Å²) in [7, 11) is 0. The summed E-state index contributed by atoms with van der Waals surface area (Å²) in [5.74, 6) is 0.0174. The number of ether oxygens (including phenoxy) is 1. The van der Waals surface area contributed by atoms with Crippen molar-refractivity contribution in [1.82, 2.24) is 0 Å². The second-order valence-corrected chi connectivity index (χ2v) is 5.02. The Balaban J connectivity index is 1.62. The lowest BCUT2D eigenvalue weighted by Gasteiger charge is -1.96. The Morgan fingerprint density at radius 2 is 1.75 bits per heavy atom. The average molecular weight is 264 g/mol. The van der Waals surface area contributed by atoms with Crippen molar-refractivity contribution >= 4 is 5.78 Å². The van der Waals surface area contributed by atoms with Gasteiger partial charge in [-0.1, -0.05) is 60.2 Å². The zero-order valence-electron chi connectivity index (χ0n) is 11.3. The normalized spacial score (nSPS) is 21.1. The van der Waals surface area contributed by atoms with E-state index in [0.717, 1.165) is 5.56 Å². The number of allylic oxidation sites excluding steroid dienone is 1. The van der Waals surface area contributed by atoms with E-state index in [1.54, 1.807) is 6.08 Å². The molecule has 0 N–H and O–H groups in total. The van der Waals surface area contributed by atoms with Crippen LogP contribution in [0.15, 0.2) is 66.7 Å². The predicted octanol–water partition coefficient (Wildman–Crippen LogP) is 3.87. The van der Waals surface area contributed by atoms with E-state index in [1.807, 2.05) is 36.4 Å². The van der Waals surface area contributed by atoms with Crippen molar-refractivity contribution in [3.63, 3.8) is 0 Å². The van der Waals surface area contributed by atoms with Crippen LogP contribution in [0.3, 0.4) is 0 Å². The zero-order chi connectivity index (χ0) is 13.9. The lowest BCUT2D eigenvalue weighted by molar-refractivity contribution is 0.104. The topological polar surface area (TPSA) is 29.6 Å². The van der Waals surface area contributed by atoms with Crippen molar-refractivity contribution in [1.29, 1.82) is 0 Å². The molecule has 1 heterocycles. The number of aryl methyl sites for hydroxylation is 1. The first-order valence-electron chi connectivity index (χ1n) is 6.73. The molecule has 0 spiro atoms. The van der Waals surface area contributed by atoms with Crippen molar-refractivity contribution in [2.45, 2.75) is 19.1 Å². The Kier molecular flexibility index (Phi) is 3.48. The summed E-state index contributed by atoms with van der Waals surface area (Å²) in [6.45, 7) is 2.06. The number of benzene rings is 2. The van der Waals surface area contributed by atoms with Gasteiger partial charge < -0.3 is 4.74 Å². The third-order valence-corrected chi connectivity index (χ3v) is 3.43. The van der Waals surface area contributed by atoms with E-state index < -0.39 is 0 Å². The Bertz CT molecular complexity index is 626. The minimum Gasteiger partial charge on any atom is -0.360 e. The van der Waals surface area contributed by atoms with Crippen molar-refractivity contribution in [2.75, 3.05) is 0 Å². The molecule has 0 unspecified atom stereocenters. The zero-order valence-corrected chi connectivity index (χ0v) is 11.3. The van der Waals surface area contributed by atoms with Gasteiger partial charge in [-0.15, -0.1) is 0 Å². The molecule has 0 amide bonds. The molecule has 100 valence electrons. The van der Waals surface area contributed by atoms with E-state index in [0.29, 0.717) is 5.56 Å². The first-order chi connectivity index (χ1) is 9.74. The van der Waals surface area contributed by atoms with E-state index in [-0.39, 0.29) is 18.0 Å². The largest absolute Gasteiger partial charge is 0.360 e. The standard InChI is InChI=1S/C18H16O2/c1-13-7-9-15(10-8-13)18-17(20-18)12-11-16(19)14-5-3-2-4-6-14/h2-12,17-18H,1H3/b12-11+/t17-,18-/m1/s1. The third kappa shape index (κ3) is 2.86. The van der Waals surface area contributed by atoms with Gasteiger partial charge in [-0.05, 0) is 24.6 Å². The number of hydrogen-bond donors (Lipinski definition) is 0. The van der Waals surface area contributed by atoms with Crippen LogP contribution < -0.4 is 0 Å². The quantitative estimate of drug-likeness (QED) is 0.476. The fraction of sp³-hybridized carbons (Fsp3) is 0.167. The lowest BCUT2D eigenvalue weighted by atomic mass is 10.1. The molecule has 0 radical (unpaired) electrons. The molecule has 2 heteroatoms. The molecule has 2 atom stereocenters. The molecule has 1 fully saturated rings. The molecule has 20 heavy (non-hydrogen) atoms. The van der Waals surface area contributed by atoms with Gasteiger partial charge in [-0.3, -0.25) is 4.79 Å². The van der Waals surface area contributed by atoms with Crippen LogP contribution >= 0.6 is 0 Å². The monoisotopic (exact) mass is 264 g/mol. The van der Waals surface area contributed by atoms with Crippen LogP contribution in [-0.2, 0) is 4.74 Å². The molecule has 1 aliphatic rings. The fourth-order valence-corrected chi connectivity index (χ4v) is 2.18. The molecule has 0 aromatic heterocycles. The minimum absolute atomic E-state index is 0.0174. The van der Waals surface area contributed by atoms with Crippen molar-refractivity contribution < 1.29 is 9.53 Å². The average Bonchev–Trinajstić information content (AvgIpc) is 3.26. The van der Waals surface area contributed by atoms with Crippen LogP contribution in [0.25, 0.3) is 0 Å². The highest BCUT2D eigenvalue weighted by atomic mass is 16.6. The highest BCUT2D eigenvalue weighted by Crippen LogP contribution is 2.39. The van der Waals surface area contributed by atoms with Gasteiger partial charge in [0, 0.05) is 5.56 Å². The summed E-state index contributed by atoms with van der Waals surface area (Å²) < 4.78 is 5.59. The number of hydrogen-bond acceptors (Lipinski definition) is 2. The maximum Gasteiger partial charge on any atom is 0.185 e. The van der Waals surface area contributed by atoms with Gasteiger partial charge in [0.2, 0.25) is 0 Å². The van der Waals surface area contributed by atoms with Gasteiger partial charge in [0.05, 0.1) is 0 Å². The lowest BCUT2D eigenvalue weighted by Crippen LogP contribution is -1.94. The molecule has 1 saturated heterocycles. The maximum absolute atomic E-state index is 11.9. The van der Waals surface area contributed by atoms with Crippen LogP contribution in [0.5, 0.6) is 0 Å². The van der Waals surface area contributed by atoms with Crippen LogP contribution in [0.2, 0.25) is 0 Å². The molecule has 2 aromatic rings. The number of epoxide rings is 1. The van der Waals surface area contributed by atoms with Gasteiger partial charge in [0.1, 0.15) is 12.2 Å². The second kappa shape index (κ2) is 5.43. The van der Waals surface area contributed by atoms with Crippen molar-refractivity contribution in [2.24, 2.45) is 0 Å². The molecule has 1 aliphatic heterocycles. The Morgan fingerprint density at radius 1 is 1.05 bits per heavy atom. The second-order valence-electron chi connectivity index (χ2n) is 5.02. The van der Waals surface area contributed by atoms with Crippen LogP contribution in [-0.4, -0.2) is 11.9 Å². The smallest absolute Gasteiger partial charge is 0.185 e. The van der Waals surface area contributed by atoms with Crippen LogP contribution in [0, 0.1) is 6.92 Å². The molecule has 0 bridgehead atoms. The van der Waals surface area contributed by atoms with Gasteiger partial charge in [0.15, 0.2) is 5.78 Å². The molecular formula is C18H16O2. The number of carbonyl (C=O) groups excluding carboxylic acids is 1. The Hall–Kier alpha value is -2.19. The first kappa shape index (κ1) is 12.8. The third-order valence-electron chi connectivity index (χ3n) is 3.43. The Morgan fingerprint density at radius 3 is 2.45 bits per heavy atom. The summed E-state index contributed by atoms with van der Waals surface area (Å²) in [6, 6.07) is 17.6. The molecule has 3 rings (SSSR count). The number of ketones is 1. The number of carbonyl (C=O) groups is 1. The van der Waals surface area contributed by atoms with Crippen molar-refractivity contribution in [3.8, 4) is 0 Å². The van der Waals surface area contributed by atoms with Crippen LogP contribution in [0.4, 0.5) is 0 Å². The summed E-state index contributed by atoms with van der Waals surface area (Å²) >= 11 is 0. The highest BCUT2D eigenvalue weighted by Gasteiger charge is 2.37. The summed E-state index contributed by atoms with van der Waals surface area (Å²) in [5, 5.41) is 0. The fourth-order valence-electron chi connectivity index (χ4n) is 2.18. The Labute approximate surface area is 118 Å². The van der Waals surface area contributed by atoms with Gasteiger partial charge in [0.25, 0.3) is 0 Å². The number of rotatable bonds is 4. The SMILES string of the molecule is Cc1ccc([C@H]2O[C@@H]2/C=C/C(=O)c2ccccc2)cc1. The van der Waals surface area contributed by atoms with E-state index in [9.17, 15) is 4.79 Å². The molecule has 0 aliphatic carbocycles. The molecule has 2 nitrogen and oxygen atoms in total. The minimum atomic E-state index is 0.0174. The molecular weight excluding hydrogens is 248 g/mol. The molecule has 0 saturated carbocycles. The van der Waals surface area contributed by atoms with E-state index in [2.05, 4.69) is 31.2 Å². The summed E-state index contributed by atoms with van der Waals surface area (Å²) in [4.78, 5) is 11.9. The van der Waals surface area contributed by atoms with Gasteiger partial charge in [-0.2, -0.15) is 0 Å². The maximum atomic E-state index is 11.9. The summed E-state index contributed by atoms with van der Waals surface area (Å²) in [5.41, 5.74) is 3.11. The summed E-state index contributed by atoms with van der Waals surface area (Å²) in [6.07, 6.45) is 3.56. The van der Waals surface area contributed by atoms with Crippen LogP contribution in [0.1, 0.15) is 27.6 Å². The molecule has 2 aromatic carbocycles. The first-order valence-corrected chi connectivity index (χ1v) is 6.73. The highest BCUT2D eigenvalue weighted by molar-refractivity contribution is 6.04.